The van der Waals surface area contributed by atoms with Crippen LogP contribution in [0.1, 0.15) is 18.6 Å². The fraction of sp³-hybridized carbons (Fsp3) is 0.111. The fourth-order valence-corrected chi connectivity index (χ4v) is 5.43. The highest BCUT2D eigenvalue weighted by Gasteiger charge is 2.16. The van der Waals surface area contributed by atoms with Gasteiger partial charge in [-0.3, -0.25) is 19.6 Å². The predicted octanol–water partition coefficient (Wildman–Crippen LogP) is 8.54. The Bertz CT molecular complexity index is 1880. The number of aliphatic carboxylic acids is 1. The number of nitrogens with zero attached hydrogens (tertiary/aromatic N) is 2. The first kappa shape index (κ1) is 31.1. The lowest BCUT2D eigenvalue weighted by Crippen LogP contribution is -2.06. The van der Waals surface area contributed by atoms with Gasteiger partial charge < -0.3 is 9.84 Å². The number of pyridine rings is 2. The third-order valence-corrected chi connectivity index (χ3v) is 7.45. The summed E-state index contributed by atoms with van der Waals surface area (Å²) >= 11 is 3.54. The van der Waals surface area contributed by atoms with Crippen molar-refractivity contribution in [2.24, 2.45) is 0 Å². The van der Waals surface area contributed by atoms with Crippen LogP contribution < -0.4 is 0 Å². The Balaban J connectivity index is 0.000000193. The summed E-state index contributed by atoms with van der Waals surface area (Å²) in [7, 11) is 1.40. The molecule has 0 amide bonds. The number of aromatic nitrogens is 2. The molecule has 0 aliphatic heterocycles. The van der Waals surface area contributed by atoms with Crippen molar-refractivity contribution in [2.75, 3.05) is 7.11 Å². The Morgan fingerprint density at radius 3 is 1.86 bits per heavy atom. The van der Waals surface area contributed by atoms with Gasteiger partial charge in [0.05, 0.1) is 31.0 Å². The number of ether oxygens (including phenoxy) is 1. The van der Waals surface area contributed by atoms with Crippen LogP contribution in [0.4, 0.5) is 0 Å². The summed E-state index contributed by atoms with van der Waals surface area (Å²) in [5, 5.41) is 11.1. The highest BCUT2D eigenvalue weighted by atomic mass is 79.9. The van der Waals surface area contributed by atoms with Gasteiger partial charge in [0.15, 0.2) is 0 Å². The number of para-hydroxylation sites is 2. The van der Waals surface area contributed by atoms with Crippen LogP contribution in [0.5, 0.6) is 0 Å². The fourth-order valence-electron chi connectivity index (χ4n) is 4.96. The van der Waals surface area contributed by atoms with E-state index in [9.17, 15) is 9.59 Å². The van der Waals surface area contributed by atoms with Gasteiger partial charge >= 0.3 is 11.9 Å². The van der Waals surface area contributed by atoms with Crippen LogP contribution in [0, 0.1) is 0 Å². The minimum absolute atomic E-state index is 0. The molecule has 43 heavy (non-hydrogen) atoms. The second-order valence-electron chi connectivity index (χ2n) is 9.53. The molecular formula is C36H31BrN2O4. The molecule has 6 nitrogen and oxygen atoms in total. The van der Waals surface area contributed by atoms with Crippen molar-refractivity contribution in [3.05, 3.63) is 131 Å². The zero-order chi connectivity index (χ0) is 29.5. The van der Waals surface area contributed by atoms with Crippen molar-refractivity contribution in [3.63, 3.8) is 0 Å². The van der Waals surface area contributed by atoms with Crippen LogP contribution in [-0.4, -0.2) is 34.1 Å². The SMILES string of the molecule is C.COC(=O)Cc1cnc2c(Br)cccc2c1-c1ccccc1.O=C(O)Cc1cnc2ccccc2c1-c1ccccc1. The van der Waals surface area contributed by atoms with Gasteiger partial charge in [-0.15, -0.1) is 0 Å². The topological polar surface area (TPSA) is 89.4 Å². The van der Waals surface area contributed by atoms with Crippen LogP contribution >= 0.6 is 15.9 Å². The summed E-state index contributed by atoms with van der Waals surface area (Å²) in [4.78, 5) is 31.6. The van der Waals surface area contributed by atoms with E-state index in [1.807, 2.05) is 103 Å². The van der Waals surface area contributed by atoms with Gasteiger partial charge in [0.2, 0.25) is 0 Å². The monoisotopic (exact) mass is 634 g/mol. The highest BCUT2D eigenvalue weighted by Crippen LogP contribution is 2.34. The van der Waals surface area contributed by atoms with Crippen molar-refractivity contribution in [1.82, 2.24) is 9.97 Å². The molecular weight excluding hydrogens is 604 g/mol. The van der Waals surface area contributed by atoms with Gasteiger partial charge in [-0.05, 0) is 61.4 Å². The van der Waals surface area contributed by atoms with Gasteiger partial charge in [-0.1, -0.05) is 98.4 Å². The maximum atomic E-state index is 11.7. The molecule has 0 fully saturated rings. The van der Waals surface area contributed by atoms with Crippen LogP contribution in [0.2, 0.25) is 0 Å². The Morgan fingerprint density at radius 1 is 0.698 bits per heavy atom. The number of halogens is 1. The predicted molar refractivity (Wildman–Crippen MR) is 176 cm³/mol. The van der Waals surface area contributed by atoms with Crippen LogP contribution in [0.15, 0.2) is 120 Å². The lowest BCUT2D eigenvalue weighted by atomic mass is 9.95. The minimum atomic E-state index is -0.848. The van der Waals surface area contributed by atoms with E-state index in [1.54, 1.807) is 12.4 Å². The highest BCUT2D eigenvalue weighted by molar-refractivity contribution is 9.10. The van der Waals surface area contributed by atoms with Gasteiger partial charge in [-0.2, -0.15) is 0 Å². The third kappa shape index (κ3) is 7.13. The molecule has 0 saturated heterocycles. The van der Waals surface area contributed by atoms with Gasteiger partial charge in [0.1, 0.15) is 0 Å². The maximum Gasteiger partial charge on any atom is 0.310 e. The van der Waals surface area contributed by atoms with E-state index in [0.29, 0.717) is 0 Å². The van der Waals surface area contributed by atoms with Crippen molar-refractivity contribution >= 4 is 49.7 Å². The molecule has 0 aliphatic carbocycles. The van der Waals surface area contributed by atoms with Crippen LogP contribution in [0.3, 0.4) is 0 Å². The number of carbonyl (C=O) groups is 2. The Morgan fingerprint density at radius 2 is 1.23 bits per heavy atom. The summed E-state index contributed by atoms with van der Waals surface area (Å²) < 4.78 is 5.74. The quantitative estimate of drug-likeness (QED) is 0.185. The molecule has 2 heterocycles. The molecule has 0 saturated carbocycles. The number of methoxy groups -OCH3 is 1. The third-order valence-electron chi connectivity index (χ3n) is 6.81. The molecule has 6 aromatic rings. The maximum absolute atomic E-state index is 11.7. The van der Waals surface area contributed by atoms with E-state index >= 15 is 0 Å². The summed E-state index contributed by atoms with van der Waals surface area (Å²) in [6.45, 7) is 0. The molecule has 7 heteroatoms. The second kappa shape index (κ2) is 14.3. The van der Waals surface area contributed by atoms with Crippen LogP contribution in [0.25, 0.3) is 44.1 Å². The first-order valence-corrected chi connectivity index (χ1v) is 14.1. The standard InChI is InChI=1S/C18H14BrNO2.C17H13NO2.CH4/c1-22-16(21)10-13-11-20-18-14(8-5-9-15(18)19)17(13)12-6-3-2-4-7-12;19-16(20)10-13-11-18-15-9-5-4-8-14(15)17(13)12-6-2-1-3-7-12;/h2-9,11H,10H2,1H3;1-9,11H,10H2,(H,19,20);1H4. The molecule has 0 radical (unpaired) electrons. The van der Waals surface area contributed by atoms with Crippen molar-refractivity contribution in [2.45, 2.75) is 20.3 Å². The molecule has 4 aromatic carbocycles. The van der Waals surface area contributed by atoms with E-state index in [1.165, 1.54) is 7.11 Å². The number of hydrogen-bond acceptors (Lipinski definition) is 5. The van der Waals surface area contributed by atoms with Gasteiger partial charge in [-0.25, -0.2) is 0 Å². The summed E-state index contributed by atoms with van der Waals surface area (Å²) in [5.41, 5.74) is 7.42. The number of hydrogen-bond donors (Lipinski definition) is 1. The number of carboxylic acids is 1. The summed E-state index contributed by atoms with van der Waals surface area (Å²) in [5.74, 6) is -1.12. The molecule has 6 rings (SSSR count). The summed E-state index contributed by atoms with van der Waals surface area (Å²) in [6.07, 6.45) is 3.60. The van der Waals surface area contributed by atoms with Crippen molar-refractivity contribution in [1.29, 1.82) is 0 Å². The van der Waals surface area contributed by atoms with E-state index in [2.05, 4.69) is 25.9 Å². The molecule has 0 bridgehead atoms. The van der Waals surface area contributed by atoms with E-state index in [-0.39, 0.29) is 26.2 Å². The molecule has 0 aliphatic rings. The first-order chi connectivity index (χ1) is 20.5. The smallest absolute Gasteiger partial charge is 0.310 e. The first-order valence-electron chi connectivity index (χ1n) is 13.3. The molecule has 1 N–H and O–H groups in total. The van der Waals surface area contributed by atoms with Crippen LogP contribution in [-0.2, 0) is 27.2 Å². The zero-order valence-corrected chi connectivity index (χ0v) is 24.4. The van der Waals surface area contributed by atoms with E-state index in [4.69, 9.17) is 9.84 Å². The normalized spacial score (nSPS) is 10.4. The second-order valence-corrected chi connectivity index (χ2v) is 10.4. The van der Waals surface area contributed by atoms with Crippen molar-refractivity contribution < 1.29 is 19.4 Å². The number of benzene rings is 4. The number of rotatable bonds is 6. The molecule has 216 valence electrons. The Kier molecular flexibility index (Phi) is 10.4. The van der Waals surface area contributed by atoms with E-state index < -0.39 is 5.97 Å². The lowest BCUT2D eigenvalue weighted by molar-refractivity contribution is -0.140. The number of carbonyl (C=O) groups excluding carboxylic acids is 1. The Hall–Kier alpha value is -4.88. The summed E-state index contributed by atoms with van der Waals surface area (Å²) in [6, 6.07) is 33.6. The molecule has 0 atom stereocenters. The minimum Gasteiger partial charge on any atom is -0.481 e. The van der Waals surface area contributed by atoms with Gasteiger partial charge in [0, 0.05) is 27.6 Å². The number of carboxylic acid groups (broad SMARTS) is 1. The number of fused-ring (bicyclic) bond motifs is 2. The van der Waals surface area contributed by atoms with Crippen molar-refractivity contribution in [3.8, 4) is 22.3 Å². The number of esters is 1. The largest absolute Gasteiger partial charge is 0.481 e. The lowest BCUT2D eigenvalue weighted by Gasteiger charge is -2.13. The van der Waals surface area contributed by atoms with Gasteiger partial charge in [0.25, 0.3) is 0 Å². The average Bonchev–Trinajstić information content (AvgIpc) is 3.02. The van der Waals surface area contributed by atoms with E-state index in [0.717, 1.165) is 59.7 Å². The molecule has 0 spiro atoms. The molecule has 2 aromatic heterocycles. The zero-order valence-electron chi connectivity index (χ0n) is 22.8. The molecule has 0 unspecified atom stereocenters. The Labute approximate surface area is 259 Å². The average molecular weight is 636 g/mol.